The van der Waals surface area contributed by atoms with Crippen LogP contribution in [0.25, 0.3) is 0 Å². The Labute approximate surface area is 118 Å². The van der Waals surface area contributed by atoms with Gasteiger partial charge in [0, 0.05) is 26.1 Å². The van der Waals surface area contributed by atoms with Crippen LogP contribution < -0.4 is 11.1 Å². The van der Waals surface area contributed by atoms with Gasteiger partial charge in [0.2, 0.25) is 5.91 Å². The molecule has 112 valence electrons. The smallest absolute Gasteiger partial charge is 0.220 e. The van der Waals surface area contributed by atoms with E-state index < -0.39 is 0 Å². The molecule has 0 aromatic rings. The molecule has 3 N–H and O–H groups in total. The highest BCUT2D eigenvalue weighted by Gasteiger charge is 2.15. The molecule has 1 amide bonds. The molecule has 4 nitrogen and oxygen atoms in total. The van der Waals surface area contributed by atoms with Gasteiger partial charge in [-0.05, 0) is 44.7 Å². The van der Waals surface area contributed by atoms with Crippen molar-refractivity contribution in [2.24, 2.45) is 11.7 Å². The van der Waals surface area contributed by atoms with Crippen LogP contribution >= 0.6 is 0 Å². The minimum atomic E-state index is 0.206. The monoisotopic (exact) mass is 269 g/mol. The molecule has 1 unspecified atom stereocenters. The number of carbonyl (C=O) groups is 1. The Morgan fingerprint density at radius 3 is 2.84 bits per heavy atom. The normalized spacial score (nSPS) is 20.4. The van der Waals surface area contributed by atoms with Gasteiger partial charge in [0.1, 0.15) is 0 Å². The van der Waals surface area contributed by atoms with Gasteiger partial charge in [0.15, 0.2) is 0 Å². The molecule has 0 radical (unpaired) electrons. The van der Waals surface area contributed by atoms with Crippen LogP contribution in [-0.2, 0) is 4.79 Å². The molecule has 19 heavy (non-hydrogen) atoms. The van der Waals surface area contributed by atoms with E-state index in [1.807, 2.05) is 0 Å². The van der Waals surface area contributed by atoms with Crippen LogP contribution in [0.5, 0.6) is 0 Å². The second kappa shape index (κ2) is 10.2. The minimum Gasteiger partial charge on any atom is -0.355 e. The van der Waals surface area contributed by atoms with Crippen LogP contribution in [0.4, 0.5) is 0 Å². The van der Waals surface area contributed by atoms with Gasteiger partial charge in [-0.15, -0.1) is 0 Å². The van der Waals surface area contributed by atoms with E-state index in [4.69, 9.17) is 5.73 Å². The van der Waals surface area contributed by atoms with E-state index in [-0.39, 0.29) is 5.91 Å². The van der Waals surface area contributed by atoms with Gasteiger partial charge in [-0.1, -0.05) is 19.8 Å². The lowest BCUT2D eigenvalue weighted by atomic mass is 10.0. The summed E-state index contributed by atoms with van der Waals surface area (Å²) in [5.74, 6) is 1.02. The minimum absolute atomic E-state index is 0.206. The second-order valence-corrected chi connectivity index (χ2v) is 5.85. The zero-order valence-electron chi connectivity index (χ0n) is 12.5. The van der Waals surface area contributed by atoms with E-state index in [9.17, 15) is 4.79 Å². The molecule has 1 fully saturated rings. The summed E-state index contributed by atoms with van der Waals surface area (Å²) >= 11 is 0. The number of piperidine rings is 1. The fourth-order valence-electron chi connectivity index (χ4n) is 2.72. The second-order valence-electron chi connectivity index (χ2n) is 5.85. The molecule has 1 rings (SSSR count). The first-order valence-corrected chi connectivity index (χ1v) is 7.91. The number of nitrogens with one attached hydrogen (secondary N) is 1. The van der Waals surface area contributed by atoms with E-state index in [2.05, 4.69) is 17.1 Å². The number of amides is 1. The van der Waals surface area contributed by atoms with Gasteiger partial charge >= 0.3 is 0 Å². The third-order valence-electron chi connectivity index (χ3n) is 3.85. The highest BCUT2D eigenvalue weighted by atomic mass is 16.1. The van der Waals surface area contributed by atoms with E-state index in [1.54, 1.807) is 0 Å². The Morgan fingerprint density at radius 1 is 1.32 bits per heavy atom. The first-order valence-electron chi connectivity index (χ1n) is 7.91. The molecule has 1 atom stereocenters. The van der Waals surface area contributed by atoms with Crippen LogP contribution in [0.3, 0.4) is 0 Å². The van der Waals surface area contributed by atoms with Gasteiger partial charge in [-0.3, -0.25) is 4.79 Å². The van der Waals surface area contributed by atoms with Crippen molar-refractivity contribution < 1.29 is 4.79 Å². The Bertz CT molecular complexity index is 246. The van der Waals surface area contributed by atoms with Crippen molar-refractivity contribution in [1.82, 2.24) is 10.2 Å². The van der Waals surface area contributed by atoms with Crippen molar-refractivity contribution in [1.29, 1.82) is 0 Å². The SMILES string of the molecule is CC1CCCN(CCNC(=O)CCCCCCN)C1. The number of rotatable bonds is 9. The summed E-state index contributed by atoms with van der Waals surface area (Å²) < 4.78 is 0. The maximum atomic E-state index is 11.6. The maximum Gasteiger partial charge on any atom is 0.220 e. The molecule has 0 aliphatic carbocycles. The van der Waals surface area contributed by atoms with Crippen molar-refractivity contribution >= 4 is 5.91 Å². The van der Waals surface area contributed by atoms with Gasteiger partial charge < -0.3 is 16.0 Å². The summed E-state index contributed by atoms with van der Waals surface area (Å²) in [6.07, 6.45) is 7.66. The molecule has 0 aromatic heterocycles. The maximum absolute atomic E-state index is 11.6. The summed E-state index contributed by atoms with van der Waals surface area (Å²) in [6.45, 7) is 7.26. The van der Waals surface area contributed by atoms with Crippen LogP contribution in [-0.4, -0.2) is 43.5 Å². The number of nitrogens with zero attached hydrogens (tertiary/aromatic N) is 1. The summed E-state index contributed by atoms with van der Waals surface area (Å²) in [7, 11) is 0. The van der Waals surface area contributed by atoms with Crippen molar-refractivity contribution in [2.45, 2.75) is 51.9 Å². The summed E-state index contributed by atoms with van der Waals surface area (Å²) in [6, 6.07) is 0. The first-order chi connectivity index (χ1) is 9.22. The quantitative estimate of drug-likeness (QED) is 0.627. The molecule has 1 aliphatic rings. The highest BCUT2D eigenvalue weighted by Crippen LogP contribution is 2.14. The fraction of sp³-hybridized carbons (Fsp3) is 0.933. The lowest BCUT2D eigenvalue weighted by molar-refractivity contribution is -0.121. The third-order valence-corrected chi connectivity index (χ3v) is 3.85. The van der Waals surface area contributed by atoms with Crippen LogP contribution in [0.2, 0.25) is 0 Å². The van der Waals surface area contributed by atoms with Crippen molar-refractivity contribution in [2.75, 3.05) is 32.7 Å². The topological polar surface area (TPSA) is 58.4 Å². The number of carbonyl (C=O) groups excluding carboxylic acids is 1. The number of hydrogen-bond acceptors (Lipinski definition) is 3. The molecular formula is C15H31N3O. The largest absolute Gasteiger partial charge is 0.355 e. The zero-order valence-corrected chi connectivity index (χ0v) is 12.5. The molecule has 1 heterocycles. The number of nitrogens with two attached hydrogens (primary N) is 1. The standard InChI is InChI=1S/C15H31N3O/c1-14-7-6-11-18(13-14)12-10-17-15(19)8-4-2-3-5-9-16/h14H,2-13,16H2,1H3,(H,17,19). The molecule has 0 spiro atoms. The summed E-state index contributed by atoms with van der Waals surface area (Å²) in [5, 5.41) is 3.03. The number of hydrogen-bond donors (Lipinski definition) is 2. The van der Waals surface area contributed by atoms with E-state index >= 15 is 0 Å². The van der Waals surface area contributed by atoms with Gasteiger partial charge in [-0.2, -0.15) is 0 Å². The summed E-state index contributed by atoms with van der Waals surface area (Å²) in [4.78, 5) is 14.1. The Kier molecular flexibility index (Phi) is 8.84. The van der Waals surface area contributed by atoms with Crippen molar-refractivity contribution in [3.05, 3.63) is 0 Å². The van der Waals surface area contributed by atoms with Crippen LogP contribution in [0, 0.1) is 5.92 Å². The number of unbranched alkanes of at least 4 members (excludes halogenated alkanes) is 3. The molecular weight excluding hydrogens is 238 g/mol. The van der Waals surface area contributed by atoms with Gasteiger partial charge in [0.05, 0.1) is 0 Å². The van der Waals surface area contributed by atoms with Crippen molar-refractivity contribution in [3.8, 4) is 0 Å². The molecule has 0 aromatic carbocycles. The molecule has 1 saturated heterocycles. The highest BCUT2D eigenvalue weighted by molar-refractivity contribution is 5.75. The van der Waals surface area contributed by atoms with E-state index in [0.29, 0.717) is 6.42 Å². The zero-order chi connectivity index (χ0) is 13.9. The Hall–Kier alpha value is -0.610. The van der Waals surface area contributed by atoms with Gasteiger partial charge in [0.25, 0.3) is 0 Å². The predicted molar refractivity (Wildman–Crippen MR) is 80.0 cm³/mol. The van der Waals surface area contributed by atoms with Crippen LogP contribution in [0.1, 0.15) is 51.9 Å². The fourth-order valence-corrected chi connectivity index (χ4v) is 2.72. The molecule has 0 saturated carbocycles. The van der Waals surface area contributed by atoms with E-state index in [1.165, 1.54) is 25.9 Å². The average Bonchev–Trinajstić information content (AvgIpc) is 2.38. The van der Waals surface area contributed by atoms with Crippen LogP contribution in [0.15, 0.2) is 0 Å². The lowest BCUT2D eigenvalue weighted by Crippen LogP contribution is -2.40. The predicted octanol–water partition coefficient (Wildman–Crippen LogP) is 1.74. The average molecular weight is 269 g/mol. The molecule has 0 bridgehead atoms. The number of likely N-dealkylation sites (tertiary alicyclic amines) is 1. The van der Waals surface area contributed by atoms with Gasteiger partial charge in [-0.25, -0.2) is 0 Å². The lowest BCUT2D eigenvalue weighted by Gasteiger charge is -2.30. The first kappa shape index (κ1) is 16.4. The van der Waals surface area contributed by atoms with Crippen molar-refractivity contribution in [3.63, 3.8) is 0 Å². The Morgan fingerprint density at radius 2 is 2.11 bits per heavy atom. The summed E-state index contributed by atoms with van der Waals surface area (Å²) in [5.41, 5.74) is 5.43. The molecule has 4 heteroatoms. The van der Waals surface area contributed by atoms with E-state index in [0.717, 1.165) is 51.2 Å². The molecule has 1 aliphatic heterocycles. The third kappa shape index (κ3) is 8.22. The Balaban J connectivity index is 1.94.